The number of nitriles is 1. The lowest BCUT2D eigenvalue weighted by Crippen LogP contribution is -2.20. The van der Waals surface area contributed by atoms with E-state index < -0.39 is 6.03 Å². The summed E-state index contributed by atoms with van der Waals surface area (Å²) >= 11 is 6.58. The highest BCUT2D eigenvalue weighted by atomic mass is 79.9. The van der Waals surface area contributed by atoms with Gasteiger partial charge in [-0.25, -0.2) is 24.9 Å². The molecule has 124 valence electrons. The van der Waals surface area contributed by atoms with E-state index >= 15 is 0 Å². The van der Waals surface area contributed by atoms with Crippen LogP contribution in [0.2, 0.25) is 0 Å². The van der Waals surface area contributed by atoms with Crippen LogP contribution in [0.4, 0.5) is 4.79 Å². The molecule has 2 heterocycles. The third-order valence-electron chi connectivity index (χ3n) is 3.19. The van der Waals surface area contributed by atoms with Crippen molar-refractivity contribution in [2.75, 3.05) is 0 Å². The monoisotopic (exact) mass is 468 g/mol. The maximum Gasteiger partial charge on any atom is 0.368 e. The van der Waals surface area contributed by atoms with Crippen molar-refractivity contribution in [3.63, 3.8) is 0 Å². The van der Waals surface area contributed by atoms with Crippen LogP contribution in [0.15, 0.2) is 76.8 Å². The molecule has 0 aliphatic carbocycles. The summed E-state index contributed by atoms with van der Waals surface area (Å²) in [6, 6.07) is 12.1. The smallest absolute Gasteiger partial charge is 0.244 e. The zero-order valence-corrected chi connectivity index (χ0v) is 16.0. The minimum Gasteiger partial charge on any atom is -0.244 e. The minimum atomic E-state index is -0.418. The van der Waals surface area contributed by atoms with E-state index in [0.29, 0.717) is 21.4 Å². The molecule has 2 aliphatic rings. The second-order valence-corrected chi connectivity index (χ2v) is 6.72. The van der Waals surface area contributed by atoms with E-state index in [4.69, 9.17) is 11.8 Å². The van der Waals surface area contributed by atoms with E-state index in [1.807, 2.05) is 12.1 Å². The Kier molecular flexibility index (Phi) is 5.12. The number of halogens is 2. The van der Waals surface area contributed by atoms with Crippen molar-refractivity contribution < 1.29 is 4.79 Å². The van der Waals surface area contributed by atoms with Crippen LogP contribution in [-0.2, 0) is 0 Å². The third kappa shape index (κ3) is 3.80. The van der Waals surface area contributed by atoms with Crippen LogP contribution in [0.3, 0.4) is 0 Å². The molecule has 26 heavy (non-hydrogen) atoms. The molecule has 0 saturated carbocycles. The molecule has 0 aromatic heterocycles. The van der Waals surface area contributed by atoms with Gasteiger partial charge in [0.05, 0.1) is 34.1 Å². The quantitative estimate of drug-likeness (QED) is 0.436. The van der Waals surface area contributed by atoms with Crippen LogP contribution in [0.1, 0.15) is 0 Å². The molecule has 0 radical (unpaired) electrons. The van der Waals surface area contributed by atoms with Gasteiger partial charge in [0.25, 0.3) is 0 Å². The van der Waals surface area contributed by atoms with E-state index in [2.05, 4.69) is 56.7 Å². The van der Waals surface area contributed by atoms with Gasteiger partial charge in [-0.3, -0.25) is 0 Å². The molecule has 9 heteroatoms. The first kappa shape index (κ1) is 17.8. The number of urea groups is 1. The van der Waals surface area contributed by atoms with Crippen molar-refractivity contribution in [3.05, 3.63) is 89.7 Å². The van der Waals surface area contributed by atoms with Crippen molar-refractivity contribution in [1.29, 1.82) is 5.26 Å². The van der Waals surface area contributed by atoms with Gasteiger partial charge < -0.3 is 0 Å². The molecule has 0 N–H and O–H groups in total. The van der Waals surface area contributed by atoms with Crippen LogP contribution in [0, 0.1) is 17.9 Å². The van der Waals surface area contributed by atoms with Gasteiger partial charge in [0, 0.05) is 8.95 Å². The van der Waals surface area contributed by atoms with E-state index in [9.17, 15) is 4.79 Å². The van der Waals surface area contributed by atoms with Gasteiger partial charge in [-0.05, 0) is 36.4 Å². The molecule has 0 saturated heterocycles. The Morgan fingerprint density at radius 3 is 2.00 bits per heavy atom. The van der Waals surface area contributed by atoms with Crippen LogP contribution in [0.5, 0.6) is 0 Å². The van der Waals surface area contributed by atoms with Crippen molar-refractivity contribution in [3.8, 4) is 6.07 Å². The van der Waals surface area contributed by atoms with Gasteiger partial charge in [-0.1, -0.05) is 31.9 Å². The summed E-state index contributed by atoms with van der Waals surface area (Å²) in [4.78, 5) is 29.3. The number of carbonyl (C=O) groups excluding carboxylic acids is 1. The number of hydrogen-bond donors (Lipinski definition) is 0. The maximum absolute atomic E-state index is 10.7. The van der Waals surface area contributed by atoms with Crippen LogP contribution in [-0.4, -0.2) is 6.03 Å². The summed E-state index contributed by atoms with van der Waals surface area (Å²) in [6.07, 6.45) is 0. The van der Waals surface area contributed by atoms with Crippen molar-refractivity contribution >= 4 is 37.9 Å². The number of carbonyl (C=O) groups is 1. The molecule has 0 spiro atoms. The molecule has 7 nitrogen and oxygen atoms in total. The highest BCUT2D eigenvalue weighted by Crippen LogP contribution is 2.10. The molecule has 0 unspecified atom stereocenters. The first-order valence-corrected chi connectivity index (χ1v) is 8.60. The molecular formula is C17H6Br2N6O. The number of rotatable bonds is 0. The zero-order chi connectivity index (χ0) is 18.7. The summed E-state index contributed by atoms with van der Waals surface area (Å²) in [7, 11) is 0. The zero-order valence-electron chi connectivity index (χ0n) is 12.8. The molecule has 2 aromatic carbocycles. The minimum absolute atomic E-state index is 0.0812. The Labute approximate surface area is 163 Å². The maximum atomic E-state index is 10.7. The lowest BCUT2D eigenvalue weighted by atomic mass is 10.3. The molecule has 0 fully saturated rings. The van der Waals surface area contributed by atoms with E-state index in [-0.39, 0.29) is 11.5 Å². The van der Waals surface area contributed by atoms with Gasteiger partial charge in [-0.15, -0.1) is 0 Å². The fourth-order valence-electron chi connectivity index (χ4n) is 2.08. The summed E-state index contributed by atoms with van der Waals surface area (Å²) in [5.74, 6) is 0.195. The lowest BCUT2D eigenvalue weighted by Gasteiger charge is -1.84. The second kappa shape index (κ2) is 7.48. The Hall–Kier alpha value is -3.01. The number of fused-ring (bicyclic) bond motifs is 2. The topological polar surface area (TPSA) is 94.7 Å². The largest absolute Gasteiger partial charge is 0.368 e. The first-order valence-electron chi connectivity index (χ1n) is 7.02. The van der Waals surface area contributed by atoms with Crippen LogP contribution in [0.25, 0.3) is 4.85 Å². The Morgan fingerprint density at radius 2 is 1.42 bits per heavy atom. The fourth-order valence-corrected chi connectivity index (χ4v) is 2.77. The van der Waals surface area contributed by atoms with Gasteiger partial charge in [0.2, 0.25) is 0 Å². The van der Waals surface area contributed by atoms with Crippen molar-refractivity contribution in [1.82, 2.24) is 0 Å². The fraction of sp³-hybridized carbons (Fsp3) is 0. The Morgan fingerprint density at radius 1 is 0.923 bits per heavy atom. The van der Waals surface area contributed by atoms with E-state index in [1.165, 1.54) is 0 Å². The van der Waals surface area contributed by atoms with Gasteiger partial charge in [0.15, 0.2) is 5.82 Å². The summed E-state index contributed by atoms with van der Waals surface area (Å²) < 4.78 is 1.80. The summed E-state index contributed by atoms with van der Waals surface area (Å²) in [5, 5.41) is 11.3. The number of amides is 2. The Bertz CT molecular complexity index is 1280. The number of allylic oxidation sites excluding steroid dienone is 1. The molecule has 2 aliphatic heterocycles. The second-order valence-electron chi connectivity index (χ2n) is 4.89. The van der Waals surface area contributed by atoms with E-state index in [1.54, 1.807) is 30.3 Å². The van der Waals surface area contributed by atoms with Gasteiger partial charge >= 0.3 is 11.7 Å². The molecule has 2 aromatic rings. The SMILES string of the molecule is O=C1N=c2ccc(Br)cc2=N1.[C-]#[N+]/C(C#N)=C1/N=c2ccc(Br)cc2=N1. The van der Waals surface area contributed by atoms with Crippen LogP contribution >= 0.6 is 31.9 Å². The van der Waals surface area contributed by atoms with Gasteiger partial charge in [0.1, 0.15) is 0 Å². The number of benzene rings is 2. The third-order valence-corrected chi connectivity index (χ3v) is 4.18. The predicted octanol–water partition coefficient (Wildman–Crippen LogP) is 2.14. The lowest BCUT2D eigenvalue weighted by molar-refractivity contribution is 0.256. The summed E-state index contributed by atoms with van der Waals surface area (Å²) in [6.45, 7) is 6.79. The van der Waals surface area contributed by atoms with Crippen molar-refractivity contribution in [2.24, 2.45) is 20.0 Å². The molecular weight excluding hydrogens is 464 g/mol. The molecule has 2 amide bonds. The first-order chi connectivity index (χ1) is 12.5. The predicted molar refractivity (Wildman–Crippen MR) is 97.5 cm³/mol. The number of nitrogens with zero attached hydrogens (tertiary/aromatic N) is 6. The molecule has 0 bridgehead atoms. The number of hydrogen-bond acceptors (Lipinski definition) is 4. The standard InChI is InChI=1S/C10H3BrN4.C7H3BrN2O/c1-13-9(5-12)10-14-7-3-2-6(11)4-8(7)15-10;8-4-1-2-5-6(3-4)10-7(11)9-5/h2-4H;1-3H/b10-9-;. The highest BCUT2D eigenvalue weighted by Gasteiger charge is 2.09. The highest BCUT2D eigenvalue weighted by molar-refractivity contribution is 9.10. The Balaban J connectivity index is 0.000000158. The van der Waals surface area contributed by atoms with E-state index in [0.717, 1.165) is 8.95 Å². The normalized spacial score (nSPS) is 14.7. The molecule has 0 atom stereocenters. The van der Waals surface area contributed by atoms with Crippen molar-refractivity contribution in [2.45, 2.75) is 0 Å². The summed E-state index contributed by atoms with van der Waals surface area (Å²) in [5.41, 5.74) is -0.0812. The molecule has 4 rings (SSSR count). The average molecular weight is 470 g/mol. The average Bonchev–Trinajstić information content (AvgIpc) is 3.18. The van der Waals surface area contributed by atoms with Crippen LogP contribution < -0.4 is 21.4 Å². The van der Waals surface area contributed by atoms with Gasteiger partial charge in [-0.2, -0.15) is 9.98 Å².